The minimum Gasteiger partial charge on any atom is -0.542 e. The van der Waals surface area contributed by atoms with E-state index < -0.39 is 10.8 Å². The minimum absolute atomic E-state index is 0. The number of ether oxygens (including phenoxy) is 1. The molecule has 1 aliphatic heterocycles. The Morgan fingerprint density at radius 1 is 1.24 bits per heavy atom. The molecule has 1 fully saturated rings. The van der Waals surface area contributed by atoms with Gasteiger partial charge < -0.3 is 9.53 Å². The SMILES string of the molecule is CCC1C(OC(=O)CC[C-]=O)C(C)C(CC)S(=O)C1C.[V]. The van der Waals surface area contributed by atoms with E-state index >= 15 is 0 Å². The predicted octanol–water partition coefficient (Wildman–Crippen LogP) is 2.38. The van der Waals surface area contributed by atoms with Gasteiger partial charge in [0.2, 0.25) is 0 Å². The Kier molecular flexibility index (Phi) is 9.74. The van der Waals surface area contributed by atoms with Crippen molar-refractivity contribution in [1.82, 2.24) is 0 Å². The van der Waals surface area contributed by atoms with Crippen LogP contribution in [0.1, 0.15) is 53.4 Å². The second kappa shape index (κ2) is 9.80. The van der Waals surface area contributed by atoms with E-state index in [1.807, 2.05) is 27.7 Å². The molecule has 0 amide bonds. The number of hydrogen-bond donors (Lipinski definition) is 0. The zero-order valence-corrected chi connectivity index (χ0v) is 15.4. The molecule has 4 nitrogen and oxygen atoms in total. The van der Waals surface area contributed by atoms with Crippen molar-refractivity contribution in [2.24, 2.45) is 11.8 Å². The summed E-state index contributed by atoms with van der Waals surface area (Å²) in [5, 5.41) is 0.111. The van der Waals surface area contributed by atoms with Crippen LogP contribution in [0, 0.1) is 11.8 Å². The van der Waals surface area contributed by atoms with Crippen LogP contribution in [0.2, 0.25) is 0 Å². The number of carbonyl (C=O) groups excluding carboxylic acids is 2. The van der Waals surface area contributed by atoms with Crippen LogP contribution in [0.15, 0.2) is 0 Å². The van der Waals surface area contributed by atoms with Gasteiger partial charge in [-0.25, -0.2) is 0 Å². The van der Waals surface area contributed by atoms with E-state index in [4.69, 9.17) is 4.74 Å². The van der Waals surface area contributed by atoms with Crippen molar-refractivity contribution in [1.29, 1.82) is 0 Å². The van der Waals surface area contributed by atoms with Crippen molar-refractivity contribution in [2.45, 2.75) is 70.0 Å². The van der Waals surface area contributed by atoms with Crippen molar-refractivity contribution in [3.8, 4) is 0 Å². The van der Waals surface area contributed by atoms with Crippen molar-refractivity contribution in [3.63, 3.8) is 0 Å². The van der Waals surface area contributed by atoms with Crippen LogP contribution in [-0.4, -0.2) is 33.1 Å². The van der Waals surface area contributed by atoms with Gasteiger partial charge in [-0.1, -0.05) is 27.7 Å². The topological polar surface area (TPSA) is 60.4 Å². The number of rotatable bonds is 6. The predicted molar refractivity (Wildman–Crippen MR) is 79.4 cm³/mol. The molecule has 0 aromatic rings. The van der Waals surface area contributed by atoms with Crippen LogP contribution >= 0.6 is 0 Å². The Morgan fingerprint density at radius 3 is 2.33 bits per heavy atom. The minimum atomic E-state index is -0.877. The molecule has 0 aromatic heterocycles. The molecule has 1 aliphatic rings. The Bertz CT molecular complexity index is 375. The first-order valence-corrected chi connectivity index (χ1v) is 8.69. The van der Waals surface area contributed by atoms with E-state index in [1.54, 1.807) is 6.29 Å². The molecule has 0 bridgehead atoms. The van der Waals surface area contributed by atoms with E-state index in [0.29, 0.717) is 0 Å². The van der Waals surface area contributed by atoms with Gasteiger partial charge in [0.1, 0.15) is 6.10 Å². The van der Waals surface area contributed by atoms with Gasteiger partial charge in [0.25, 0.3) is 0 Å². The Morgan fingerprint density at radius 2 is 1.86 bits per heavy atom. The van der Waals surface area contributed by atoms with Crippen LogP contribution in [-0.2, 0) is 43.7 Å². The van der Waals surface area contributed by atoms with Crippen LogP contribution in [0.5, 0.6) is 0 Å². The normalized spacial score (nSPS) is 35.6. The maximum atomic E-state index is 12.5. The molecular formula is C15H25O4SV-. The summed E-state index contributed by atoms with van der Waals surface area (Å²) in [6, 6.07) is 0. The monoisotopic (exact) mass is 352 g/mol. The number of esters is 1. The standard InChI is InChI=1S/C15H25O4S.V/c1-5-12-11(4)20(18)13(6-2)10(3)15(12)19-14(17)8-7-9-16;/h10-13,15H,5-8H2,1-4H3;/q-1;. The van der Waals surface area contributed by atoms with E-state index in [9.17, 15) is 13.8 Å². The fraction of sp³-hybridized carbons (Fsp3) is 0.867. The van der Waals surface area contributed by atoms with Gasteiger partial charge in [0.05, 0.1) is 0 Å². The molecule has 0 aliphatic carbocycles. The summed E-state index contributed by atoms with van der Waals surface area (Å²) in [4.78, 5) is 22.0. The van der Waals surface area contributed by atoms with Gasteiger partial charge in [-0.05, 0) is 12.8 Å². The quantitative estimate of drug-likeness (QED) is 0.544. The van der Waals surface area contributed by atoms with E-state index in [0.717, 1.165) is 12.8 Å². The van der Waals surface area contributed by atoms with Gasteiger partial charge in [-0.3, -0.25) is 15.3 Å². The first-order chi connectivity index (χ1) is 9.47. The molecule has 1 rings (SSSR count). The average molecular weight is 352 g/mol. The number of hydrogen-bond acceptors (Lipinski definition) is 4. The second-order valence-corrected chi connectivity index (χ2v) is 7.52. The van der Waals surface area contributed by atoms with Gasteiger partial charge in [0, 0.05) is 58.1 Å². The van der Waals surface area contributed by atoms with Gasteiger partial charge in [-0.15, -0.1) is 6.42 Å². The van der Waals surface area contributed by atoms with Gasteiger partial charge in [-0.2, -0.15) is 0 Å². The molecule has 1 saturated heterocycles. The maximum absolute atomic E-state index is 12.5. The molecule has 1 heterocycles. The summed E-state index contributed by atoms with van der Waals surface area (Å²) in [5.41, 5.74) is 0. The summed E-state index contributed by atoms with van der Waals surface area (Å²) in [7, 11) is -0.877. The first kappa shape index (κ1) is 20.9. The number of carbonyl (C=O) groups is 1. The largest absolute Gasteiger partial charge is 0.542 e. The third-order valence-electron chi connectivity index (χ3n) is 4.37. The van der Waals surface area contributed by atoms with E-state index in [2.05, 4.69) is 0 Å². The molecule has 0 aromatic carbocycles. The molecule has 121 valence electrons. The fourth-order valence-corrected chi connectivity index (χ4v) is 5.34. The van der Waals surface area contributed by atoms with E-state index in [1.165, 1.54) is 0 Å². The third kappa shape index (κ3) is 4.93. The smallest absolute Gasteiger partial charge is 0.303 e. The molecule has 0 N–H and O–H groups in total. The summed E-state index contributed by atoms with van der Waals surface area (Å²) in [6.07, 6.45) is 3.33. The molecule has 0 spiro atoms. The second-order valence-electron chi connectivity index (χ2n) is 5.51. The Hall–Kier alpha value is -0.126. The zero-order chi connectivity index (χ0) is 15.3. The summed E-state index contributed by atoms with van der Waals surface area (Å²) < 4.78 is 18.1. The van der Waals surface area contributed by atoms with Crippen molar-refractivity contribution >= 4 is 23.1 Å². The molecular weight excluding hydrogens is 327 g/mol. The molecule has 1 radical (unpaired) electrons. The van der Waals surface area contributed by atoms with Crippen molar-refractivity contribution in [3.05, 3.63) is 0 Å². The molecule has 6 atom stereocenters. The average Bonchev–Trinajstić information content (AvgIpc) is 2.43. The zero-order valence-electron chi connectivity index (χ0n) is 13.2. The van der Waals surface area contributed by atoms with Crippen LogP contribution in [0.3, 0.4) is 0 Å². The molecule has 6 heteroatoms. The third-order valence-corrected chi connectivity index (χ3v) is 6.81. The summed E-state index contributed by atoms with van der Waals surface area (Å²) in [6.45, 7) is 8.07. The fourth-order valence-electron chi connectivity index (χ4n) is 3.19. The van der Waals surface area contributed by atoms with Crippen LogP contribution in [0.25, 0.3) is 0 Å². The van der Waals surface area contributed by atoms with Crippen molar-refractivity contribution in [2.75, 3.05) is 0 Å². The summed E-state index contributed by atoms with van der Waals surface area (Å²) >= 11 is 0. The Balaban J connectivity index is 0.00000400. The van der Waals surface area contributed by atoms with Gasteiger partial charge >= 0.3 is 5.97 Å². The molecule has 6 unspecified atom stereocenters. The van der Waals surface area contributed by atoms with Crippen LogP contribution < -0.4 is 0 Å². The summed E-state index contributed by atoms with van der Waals surface area (Å²) in [5.74, 6) is -0.137. The maximum Gasteiger partial charge on any atom is 0.303 e. The van der Waals surface area contributed by atoms with Crippen molar-refractivity contribution < 1.29 is 37.1 Å². The molecule has 0 saturated carbocycles. The first-order valence-electron chi connectivity index (χ1n) is 7.41. The van der Waals surface area contributed by atoms with E-state index in [-0.39, 0.29) is 65.8 Å². The Labute approximate surface area is 142 Å². The van der Waals surface area contributed by atoms with Crippen LogP contribution in [0.4, 0.5) is 0 Å². The molecule has 21 heavy (non-hydrogen) atoms. The van der Waals surface area contributed by atoms with Gasteiger partial charge in [0.15, 0.2) is 0 Å².